The summed E-state index contributed by atoms with van der Waals surface area (Å²) in [6, 6.07) is 31.0. The Hall–Kier alpha value is -4.92. The van der Waals surface area contributed by atoms with Crippen LogP contribution in [0, 0.1) is 0 Å². The Morgan fingerprint density at radius 2 is 1.67 bits per heavy atom. The molecule has 0 aliphatic carbocycles. The Morgan fingerprint density at radius 3 is 2.44 bits per heavy atom. The van der Waals surface area contributed by atoms with Gasteiger partial charge in [0.1, 0.15) is 5.75 Å². The molecule has 3 N–H and O–H groups in total. The molecule has 2 heterocycles. The highest BCUT2D eigenvalue weighted by Gasteiger charge is 2.30. The van der Waals surface area contributed by atoms with Gasteiger partial charge >= 0.3 is 0 Å². The summed E-state index contributed by atoms with van der Waals surface area (Å²) >= 11 is 0. The molecule has 0 unspecified atom stereocenters. The van der Waals surface area contributed by atoms with E-state index in [4.69, 9.17) is 4.74 Å². The van der Waals surface area contributed by atoms with Crippen molar-refractivity contribution in [2.75, 3.05) is 51.0 Å². The summed E-state index contributed by atoms with van der Waals surface area (Å²) in [5, 5.41) is 9.68. The lowest BCUT2D eigenvalue weighted by molar-refractivity contribution is -0.110. The van der Waals surface area contributed by atoms with E-state index >= 15 is 0 Å². The number of hydrogen-bond acceptors (Lipinski definition) is 6. The Labute approximate surface area is 264 Å². The maximum absolute atomic E-state index is 13.6. The summed E-state index contributed by atoms with van der Waals surface area (Å²) in [5.74, 6) is 0.293. The Bertz CT molecular complexity index is 1730. The van der Waals surface area contributed by atoms with E-state index < -0.39 is 0 Å². The maximum Gasteiger partial charge on any atom is 0.258 e. The number of nitrogens with one attached hydrogen (secondary N) is 3. The van der Waals surface area contributed by atoms with Crippen LogP contribution < -0.4 is 20.7 Å². The predicted molar refractivity (Wildman–Crippen MR) is 180 cm³/mol. The molecule has 230 valence electrons. The fourth-order valence-electron chi connectivity index (χ4n) is 5.87. The van der Waals surface area contributed by atoms with Gasteiger partial charge in [-0.05, 0) is 73.1 Å². The van der Waals surface area contributed by atoms with Crippen LogP contribution in [-0.2, 0) is 11.3 Å². The summed E-state index contributed by atoms with van der Waals surface area (Å²) in [5.41, 5.74) is 6.93. The van der Waals surface area contributed by atoms with Crippen LogP contribution in [0.4, 0.5) is 11.4 Å². The second kappa shape index (κ2) is 13.4. The average Bonchev–Trinajstić information content (AvgIpc) is 3.39. The topological polar surface area (TPSA) is 85.9 Å². The van der Waals surface area contributed by atoms with Gasteiger partial charge in [0, 0.05) is 55.2 Å². The monoisotopic (exact) mass is 601 g/mol. The van der Waals surface area contributed by atoms with E-state index in [1.807, 2.05) is 67.6 Å². The summed E-state index contributed by atoms with van der Waals surface area (Å²) in [4.78, 5) is 31.8. The molecule has 8 nitrogen and oxygen atoms in total. The van der Waals surface area contributed by atoms with Crippen LogP contribution in [-0.4, -0.2) is 62.0 Å². The number of carbonyl (C=O) groups is 2. The fourth-order valence-corrected chi connectivity index (χ4v) is 5.87. The number of piperazine rings is 1. The van der Waals surface area contributed by atoms with Crippen molar-refractivity contribution >= 4 is 34.5 Å². The van der Waals surface area contributed by atoms with Crippen LogP contribution in [0.3, 0.4) is 0 Å². The van der Waals surface area contributed by atoms with Crippen LogP contribution in [0.2, 0.25) is 0 Å². The van der Waals surface area contributed by atoms with Crippen molar-refractivity contribution in [1.82, 2.24) is 15.1 Å². The van der Waals surface area contributed by atoms with Crippen LogP contribution in [0.25, 0.3) is 11.3 Å². The van der Waals surface area contributed by atoms with Crippen molar-refractivity contribution in [2.24, 2.45) is 0 Å². The third-order valence-electron chi connectivity index (χ3n) is 8.48. The first-order chi connectivity index (χ1) is 21.9. The number of hydrogen-bond donors (Lipinski definition) is 3. The molecule has 0 aromatic heterocycles. The number of methoxy groups -OCH3 is 1. The first kappa shape index (κ1) is 30.1. The molecular formula is C37H39N5O3. The fraction of sp³-hybridized carbons (Fsp3) is 0.243. The minimum Gasteiger partial charge on any atom is -0.497 e. The van der Waals surface area contributed by atoms with Crippen LogP contribution >= 0.6 is 0 Å². The van der Waals surface area contributed by atoms with Crippen molar-refractivity contribution in [3.63, 3.8) is 0 Å². The number of amides is 2. The SMILES string of the molecule is COc1cccc([C@@H](C)NC(=O)c2ccc3c(c2)C(=C(Nc2cccc(CN4CCN(C)CC4)c2)c2ccccc2)C(=O)N3)c1. The summed E-state index contributed by atoms with van der Waals surface area (Å²) in [6.45, 7) is 7.02. The lowest BCUT2D eigenvalue weighted by Crippen LogP contribution is -2.43. The Kier molecular flexibility index (Phi) is 8.96. The Balaban J connectivity index is 1.31. The number of benzene rings is 4. The van der Waals surface area contributed by atoms with Gasteiger partial charge in [0.25, 0.3) is 11.8 Å². The van der Waals surface area contributed by atoms with E-state index in [2.05, 4.69) is 51.0 Å². The number of nitrogens with zero attached hydrogens (tertiary/aromatic N) is 2. The molecule has 1 atom stereocenters. The highest BCUT2D eigenvalue weighted by atomic mass is 16.5. The largest absolute Gasteiger partial charge is 0.497 e. The first-order valence-electron chi connectivity index (χ1n) is 15.3. The number of anilines is 2. The number of ether oxygens (including phenoxy) is 1. The van der Waals surface area contributed by atoms with Crippen molar-refractivity contribution in [3.8, 4) is 5.75 Å². The summed E-state index contributed by atoms with van der Waals surface area (Å²) < 4.78 is 5.35. The number of likely N-dealkylation sites (N-methyl/N-ethyl adjacent to an activating group) is 1. The van der Waals surface area contributed by atoms with Gasteiger partial charge in [-0.15, -0.1) is 0 Å². The van der Waals surface area contributed by atoms with Crippen LogP contribution in [0.1, 0.15) is 45.6 Å². The molecule has 4 aromatic carbocycles. The molecule has 0 bridgehead atoms. The average molecular weight is 602 g/mol. The van der Waals surface area contributed by atoms with E-state index in [-0.39, 0.29) is 17.9 Å². The molecule has 1 fully saturated rings. The molecule has 6 rings (SSSR count). The highest BCUT2D eigenvalue weighted by Crippen LogP contribution is 2.38. The highest BCUT2D eigenvalue weighted by molar-refractivity contribution is 6.37. The normalized spacial score (nSPS) is 16.8. The zero-order chi connectivity index (χ0) is 31.3. The molecular weight excluding hydrogens is 562 g/mol. The van der Waals surface area contributed by atoms with Gasteiger partial charge in [-0.25, -0.2) is 0 Å². The van der Waals surface area contributed by atoms with Gasteiger partial charge in [-0.2, -0.15) is 0 Å². The zero-order valence-corrected chi connectivity index (χ0v) is 26.0. The van der Waals surface area contributed by atoms with E-state index in [1.165, 1.54) is 5.56 Å². The minimum atomic E-state index is -0.240. The quantitative estimate of drug-likeness (QED) is 0.208. The predicted octanol–water partition coefficient (Wildman–Crippen LogP) is 5.87. The molecule has 2 amide bonds. The van der Waals surface area contributed by atoms with E-state index in [0.717, 1.165) is 55.3 Å². The standard InChI is InChI=1S/C37H39N5O3/c1-25(28-12-8-14-31(22-28)45-3)38-36(43)29-15-16-33-32(23-29)34(37(44)40-33)35(27-10-5-4-6-11-27)39-30-13-7-9-26(21-30)24-42-19-17-41(2)18-20-42/h4-16,21-23,25,39H,17-20,24H2,1-3H3,(H,38,43)(H,40,44)/t25-/m1/s1. The molecule has 0 saturated carbocycles. The molecule has 45 heavy (non-hydrogen) atoms. The smallest absolute Gasteiger partial charge is 0.258 e. The summed E-state index contributed by atoms with van der Waals surface area (Å²) in [7, 11) is 3.79. The molecule has 0 spiro atoms. The van der Waals surface area contributed by atoms with Crippen molar-refractivity contribution in [2.45, 2.75) is 19.5 Å². The van der Waals surface area contributed by atoms with Crippen molar-refractivity contribution in [1.29, 1.82) is 0 Å². The molecule has 1 saturated heterocycles. The van der Waals surface area contributed by atoms with Crippen molar-refractivity contribution < 1.29 is 14.3 Å². The van der Waals surface area contributed by atoms with E-state index in [1.54, 1.807) is 25.3 Å². The number of fused-ring (bicyclic) bond motifs is 1. The van der Waals surface area contributed by atoms with E-state index in [0.29, 0.717) is 28.1 Å². The lowest BCUT2D eigenvalue weighted by Gasteiger charge is -2.32. The number of carbonyl (C=O) groups excluding carboxylic acids is 2. The first-order valence-corrected chi connectivity index (χ1v) is 15.3. The van der Waals surface area contributed by atoms with Gasteiger partial charge in [0.2, 0.25) is 0 Å². The second-order valence-electron chi connectivity index (χ2n) is 11.7. The Morgan fingerprint density at radius 1 is 0.889 bits per heavy atom. The van der Waals surface area contributed by atoms with Crippen LogP contribution in [0.5, 0.6) is 5.75 Å². The third kappa shape index (κ3) is 6.93. The maximum atomic E-state index is 13.6. The molecule has 8 heteroatoms. The number of rotatable bonds is 9. The van der Waals surface area contributed by atoms with Gasteiger partial charge in [-0.1, -0.05) is 54.6 Å². The second-order valence-corrected chi connectivity index (χ2v) is 11.7. The molecule has 2 aliphatic heterocycles. The van der Waals surface area contributed by atoms with Crippen molar-refractivity contribution in [3.05, 3.63) is 125 Å². The van der Waals surface area contributed by atoms with E-state index in [9.17, 15) is 9.59 Å². The molecule has 4 aromatic rings. The van der Waals surface area contributed by atoms with Gasteiger partial charge in [0.15, 0.2) is 0 Å². The molecule has 2 aliphatic rings. The third-order valence-corrected chi connectivity index (χ3v) is 8.48. The van der Waals surface area contributed by atoms with Crippen LogP contribution in [0.15, 0.2) is 97.1 Å². The molecule has 0 radical (unpaired) electrons. The van der Waals surface area contributed by atoms with Gasteiger partial charge in [-0.3, -0.25) is 14.5 Å². The lowest BCUT2D eigenvalue weighted by atomic mass is 9.98. The van der Waals surface area contributed by atoms with Gasteiger partial charge < -0.3 is 25.6 Å². The van der Waals surface area contributed by atoms with Gasteiger partial charge in [0.05, 0.1) is 24.4 Å². The zero-order valence-electron chi connectivity index (χ0n) is 26.0. The summed E-state index contributed by atoms with van der Waals surface area (Å²) in [6.07, 6.45) is 0. The minimum absolute atomic E-state index is 0.216.